The summed E-state index contributed by atoms with van der Waals surface area (Å²) in [5.74, 6) is 0.426. The van der Waals surface area contributed by atoms with Crippen LogP contribution in [-0.2, 0) is 11.5 Å². The zero-order chi connectivity index (χ0) is 25.2. The van der Waals surface area contributed by atoms with Gasteiger partial charge in [-0.05, 0) is 61.9 Å². The van der Waals surface area contributed by atoms with Crippen LogP contribution in [0.25, 0.3) is 11.6 Å². The summed E-state index contributed by atoms with van der Waals surface area (Å²) in [6.07, 6.45) is 3.72. The zero-order valence-corrected chi connectivity index (χ0v) is 19.7. The molecule has 2 aromatic carbocycles. The number of amides is 3. The van der Waals surface area contributed by atoms with E-state index < -0.39 is 12.7 Å². The van der Waals surface area contributed by atoms with Crippen molar-refractivity contribution in [1.29, 1.82) is 0 Å². The molecule has 0 saturated carbocycles. The summed E-state index contributed by atoms with van der Waals surface area (Å²) in [7, 11) is 0. The number of H-pyrrole nitrogens is 1. The maximum absolute atomic E-state index is 13.1. The van der Waals surface area contributed by atoms with Crippen molar-refractivity contribution in [2.45, 2.75) is 20.5 Å². The molecule has 2 aromatic heterocycles. The van der Waals surface area contributed by atoms with Crippen LogP contribution < -0.4 is 21.3 Å². The normalized spacial score (nSPS) is 13.4. The largest absolute Gasteiger partial charge is 0.461 e. The van der Waals surface area contributed by atoms with Gasteiger partial charge in [-0.2, -0.15) is 0 Å². The van der Waals surface area contributed by atoms with E-state index >= 15 is 0 Å². The van der Waals surface area contributed by atoms with Crippen LogP contribution in [0.15, 0.2) is 65.2 Å². The van der Waals surface area contributed by atoms with Gasteiger partial charge < -0.3 is 30.7 Å². The van der Waals surface area contributed by atoms with E-state index in [9.17, 15) is 14.0 Å². The molecular formula is C27H24FN5O3. The second-order valence-corrected chi connectivity index (χ2v) is 8.52. The van der Waals surface area contributed by atoms with E-state index in [1.807, 2.05) is 49.5 Å². The first-order valence-electron chi connectivity index (χ1n) is 11.3. The Labute approximate surface area is 206 Å². The van der Waals surface area contributed by atoms with Gasteiger partial charge >= 0.3 is 6.03 Å². The monoisotopic (exact) mass is 485 g/mol. The molecule has 0 bridgehead atoms. The van der Waals surface area contributed by atoms with E-state index in [1.54, 1.807) is 31.2 Å². The Morgan fingerprint density at radius 1 is 1.03 bits per heavy atom. The van der Waals surface area contributed by atoms with Gasteiger partial charge in [-0.15, -0.1) is 0 Å². The minimum absolute atomic E-state index is 0.0720. The first kappa shape index (κ1) is 23.0. The van der Waals surface area contributed by atoms with Crippen LogP contribution in [-0.4, -0.2) is 16.9 Å². The third-order valence-electron chi connectivity index (χ3n) is 5.66. The fourth-order valence-electron chi connectivity index (χ4n) is 4.07. The van der Waals surface area contributed by atoms with Crippen LogP contribution >= 0.6 is 0 Å². The lowest BCUT2D eigenvalue weighted by Crippen LogP contribution is -2.19. The maximum Gasteiger partial charge on any atom is 0.323 e. The molecule has 5 rings (SSSR count). The number of anilines is 5. The van der Waals surface area contributed by atoms with Crippen LogP contribution in [0.3, 0.4) is 0 Å². The molecule has 3 amide bonds. The number of hydrogen-bond donors (Lipinski definition) is 5. The lowest BCUT2D eigenvalue weighted by molar-refractivity contribution is -0.110. The summed E-state index contributed by atoms with van der Waals surface area (Å²) in [6.45, 7) is 2.85. The Balaban J connectivity index is 1.28. The minimum atomic E-state index is -0.812. The molecule has 4 aromatic rings. The Kier molecular flexibility index (Phi) is 6.03. The Hall–Kier alpha value is -4.79. The summed E-state index contributed by atoms with van der Waals surface area (Å²) in [5.41, 5.74) is 6.44. The Morgan fingerprint density at radius 3 is 2.61 bits per heavy atom. The van der Waals surface area contributed by atoms with E-state index in [-0.39, 0.29) is 11.7 Å². The fourth-order valence-corrected chi connectivity index (χ4v) is 4.07. The average Bonchev–Trinajstić information content (AvgIpc) is 3.50. The topological polar surface area (TPSA) is 111 Å². The highest BCUT2D eigenvalue weighted by Gasteiger charge is 2.24. The van der Waals surface area contributed by atoms with Crippen molar-refractivity contribution in [2.75, 3.05) is 21.3 Å². The third kappa shape index (κ3) is 4.85. The van der Waals surface area contributed by atoms with Crippen molar-refractivity contribution >= 4 is 52.0 Å². The van der Waals surface area contributed by atoms with Crippen molar-refractivity contribution in [3.05, 3.63) is 89.1 Å². The number of benzene rings is 2. The van der Waals surface area contributed by atoms with Gasteiger partial charge in [-0.25, -0.2) is 9.18 Å². The zero-order valence-electron chi connectivity index (χ0n) is 19.7. The second-order valence-electron chi connectivity index (χ2n) is 8.52. The first-order valence-corrected chi connectivity index (χ1v) is 11.3. The smallest absolute Gasteiger partial charge is 0.323 e. The van der Waals surface area contributed by atoms with Gasteiger partial charge in [0.2, 0.25) is 0 Å². The van der Waals surface area contributed by atoms with Crippen LogP contribution in [0.4, 0.5) is 37.6 Å². The highest BCUT2D eigenvalue weighted by Crippen LogP contribution is 2.36. The maximum atomic E-state index is 13.1. The molecule has 36 heavy (non-hydrogen) atoms. The van der Waals surface area contributed by atoms with Crippen LogP contribution in [0.5, 0.6) is 0 Å². The number of halogens is 1. The van der Waals surface area contributed by atoms with Gasteiger partial charge in [0.05, 0.1) is 16.9 Å². The number of carbonyl (C=O) groups excluding carboxylic acids is 2. The molecule has 3 heterocycles. The molecule has 0 radical (unpaired) electrons. The van der Waals surface area contributed by atoms with Crippen molar-refractivity contribution < 1.29 is 18.4 Å². The van der Waals surface area contributed by atoms with E-state index in [4.69, 9.17) is 4.42 Å². The Morgan fingerprint density at radius 2 is 1.83 bits per heavy atom. The van der Waals surface area contributed by atoms with Crippen molar-refractivity contribution in [1.82, 2.24) is 4.98 Å². The molecule has 0 saturated heterocycles. The van der Waals surface area contributed by atoms with Crippen LogP contribution in [0, 0.1) is 13.8 Å². The fraction of sp³-hybridized carbons (Fsp3) is 0.111. The van der Waals surface area contributed by atoms with Gasteiger partial charge in [-0.1, -0.05) is 12.1 Å². The predicted octanol–water partition coefficient (Wildman–Crippen LogP) is 6.57. The number of furan rings is 1. The number of hydrogen-bond acceptors (Lipinski definition) is 4. The van der Waals surface area contributed by atoms with E-state index in [0.29, 0.717) is 28.4 Å². The van der Waals surface area contributed by atoms with E-state index in [1.165, 1.54) is 0 Å². The number of aryl methyl sites for hydroxylation is 2. The third-order valence-corrected chi connectivity index (χ3v) is 5.66. The van der Waals surface area contributed by atoms with Gasteiger partial charge in [0, 0.05) is 40.6 Å². The highest BCUT2D eigenvalue weighted by atomic mass is 19.1. The van der Waals surface area contributed by atoms with Crippen LogP contribution in [0.2, 0.25) is 0 Å². The van der Waals surface area contributed by atoms with Gasteiger partial charge in [0.25, 0.3) is 5.91 Å². The number of urea groups is 1. The Bertz CT molecular complexity index is 1500. The molecule has 1 aliphatic rings. The summed E-state index contributed by atoms with van der Waals surface area (Å²) in [4.78, 5) is 28.1. The number of nitrogens with one attached hydrogen (secondary N) is 5. The standard InChI is InChI=1S/C27H24FN5O3/c1-15-8-20(29-14-15)11-22-21-7-6-19(12-23(21)32-26(22)34)30-17-4-3-5-18(10-17)31-27(35)33-24-9-16(2)36-25(24)13-28/h3-12,14,29-30H,13H2,1-2H3,(H,32,34)(H2,31,33,35)/b22-11-. The second kappa shape index (κ2) is 9.46. The number of aromatic amines is 1. The number of aromatic nitrogens is 1. The molecule has 182 valence electrons. The minimum Gasteiger partial charge on any atom is -0.461 e. The molecule has 0 atom stereocenters. The van der Waals surface area contributed by atoms with Gasteiger partial charge in [0.1, 0.15) is 12.4 Å². The number of fused-ring (bicyclic) bond motifs is 1. The molecule has 0 fully saturated rings. The number of carbonyl (C=O) groups is 2. The number of rotatable bonds is 6. The van der Waals surface area contributed by atoms with Crippen molar-refractivity contribution in [3.63, 3.8) is 0 Å². The molecule has 0 spiro atoms. The molecule has 0 aliphatic carbocycles. The van der Waals surface area contributed by atoms with Crippen molar-refractivity contribution in [2.24, 2.45) is 0 Å². The summed E-state index contributed by atoms with van der Waals surface area (Å²) in [5, 5.41) is 11.5. The first-order chi connectivity index (χ1) is 17.4. The molecular weight excluding hydrogens is 461 g/mol. The van der Waals surface area contributed by atoms with Gasteiger partial charge in [0.15, 0.2) is 5.76 Å². The van der Waals surface area contributed by atoms with E-state index in [2.05, 4.69) is 26.3 Å². The quantitative estimate of drug-likeness (QED) is 0.199. The average molecular weight is 486 g/mol. The van der Waals surface area contributed by atoms with E-state index in [0.717, 1.165) is 28.2 Å². The highest BCUT2D eigenvalue weighted by molar-refractivity contribution is 6.35. The lowest BCUT2D eigenvalue weighted by Gasteiger charge is -2.11. The summed E-state index contributed by atoms with van der Waals surface area (Å²) in [6, 6.07) is 15.8. The molecule has 9 heteroatoms. The summed E-state index contributed by atoms with van der Waals surface area (Å²) < 4.78 is 18.3. The van der Waals surface area contributed by atoms with Crippen LogP contribution in [0.1, 0.15) is 28.3 Å². The van der Waals surface area contributed by atoms with Gasteiger partial charge in [-0.3, -0.25) is 4.79 Å². The predicted molar refractivity (Wildman–Crippen MR) is 139 cm³/mol. The molecule has 5 N–H and O–H groups in total. The number of alkyl halides is 1. The SMILES string of the molecule is Cc1c[nH]c(/C=C2\C(=O)Nc3cc(Nc4cccc(NC(=O)Nc5cc(C)oc5CF)c4)ccc32)c1. The van der Waals surface area contributed by atoms with Crippen molar-refractivity contribution in [3.8, 4) is 0 Å². The summed E-state index contributed by atoms with van der Waals surface area (Å²) >= 11 is 0. The molecule has 0 unspecified atom stereocenters. The lowest BCUT2D eigenvalue weighted by atomic mass is 10.1. The molecule has 8 nitrogen and oxygen atoms in total. The molecule has 1 aliphatic heterocycles.